The van der Waals surface area contributed by atoms with E-state index in [1.54, 1.807) is 0 Å². The van der Waals surface area contributed by atoms with E-state index in [0.29, 0.717) is 12.8 Å². The van der Waals surface area contributed by atoms with Gasteiger partial charge in [-0.15, -0.1) is 0 Å². The number of rotatable bonds is 27. The van der Waals surface area contributed by atoms with Crippen molar-refractivity contribution < 1.29 is 56.8 Å². The van der Waals surface area contributed by atoms with Crippen molar-refractivity contribution in [2.75, 3.05) is 19.0 Å². The molecule has 0 amide bonds. The summed E-state index contributed by atoms with van der Waals surface area (Å²) in [5.74, 6) is -2.02. The Morgan fingerprint density at radius 3 is 1.94 bits per heavy atom. The highest BCUT2D eigenvalue weighted by Gasteiger charge is 2.46. The van der Waals surface area contributed by atoms with Crippen LogP contribution in [0.4, 0.5) is 0 Å². The molecule has 3 unspecified atom stereocenters. The number of unbranched alkanes of at least 4 members (excludes halogenated alkanes) is 11. The number of carbonyl (C=O) groups excluding carboxylic acids is 2. The summed E-state index contributed by atoms with van der Waals surface area (Å²) in [5, 5.41) is 30.6. The third-order valence-electron chi connectivity index (χ3n) is 7.80. The molecule has 0 aromatic rings. The van der Waals surface area contributed by atoms with Gasteiger partial charge >= 0.3 is 11.9 Å². The highest BCUT2D eigenvalue weighted by molar-refractivity contribution is 7.85. The zero-order valence-electron chi connectivity index (χ0n) is 28.8. The van der Waals surface area contributed by atoms with Crippen molar-refractivity contribution in [1.82, 2.24) is 0 Å². The largest absolute Gasteiger partial charge is 0.462 e. The minimum Gasteiger partial charge on any atom is -0.462 e. The molecule has 1 fully saturated rings. The molecule has 0 radical (unpaired) electrons. The van der Waals surface area contributed by atoms with Crippen molar-refractivity contribution in [2.24, 2.45) is 0 Å². The number of allylic oxidation sites excluding steroid dienone is 6. The van der Waals surface area contributed by atoms with Crippen LogP contribution in [0.1, 0.15) is 117 Å². The molecule has 48 heavy (non-hydrogen) atoms. The predicted octanol–water partition coefficient (Wildman–Crippen LogP) is 5.10. The highest BCUT2D eigenvalue weighted by Crippen LogP contribution is 2.23. The Hall–Kier alpha value is -2.13. The van der Waals surface area contributed by atoms with Gasteiger partial charge in [0.1, 0.15) is 36.8 Å². The maximum Gasteiger partial charge on any atom is 0.306 e. The molecule has 1 aliphatic heterocycles. The maximum atomic E-state index is 12.7. The number of ether oxygens (including phenoxy) is 4. The van der Waals surface area contributed by atoms with Gasteiger partial charge in [0.05, 0.1) is 6.61 Å². The molecule has 0 aromatic carbocycles. The van der Waals surface area contributed by atoms with Gasteiger partial charge < -0.3 is 34.3 Å². The fourth-order valence-corrected chi connectivity index (χ4v) is 5.72. The number of hydrogen-bond acceptors (Lipinski definition) is 11. The van der Waals surface area contributed by atoms with Gasteiger partial charge in [-0.1, -0.05) is 108 Å². The van der Waals surface area contributed by atoms with Crippen LogP contribution in [-0.4, -0.2) is 96.0 Å². The third-order valence-corrected chi connectivity index (χ3v) is 8.55. The lowest BCUT2D eigenvalue weighted by molar-refractivity contribution is -0.297. The summed E-state index contributed by atoms with van der Waals surface area (Å²) < 4.78 is 53.5. The summed E-state index contributed by atoms with van der Waals surface area (Å²) in [6.07, 6.45) is 16.7. The maximum absolute atomic E-state index is 12.7. The average Bonchev–Trinajstić information content (AvgIpc) is 3.04. The van der Waals surface area contributed by atoms with Gasteiger partial charge in [-0.3, -0.25) is 14.1 Å². The lowest BCUT2D eigenvalue weighted by Gasteiger charge is -2.40. The lowest BCUT2D eigenvalue weighted by Crippen LogP contribution is -2.60. The van der Waals surface area contributed by atoms with Crippen molar-refractivity contribution >= 4 is 22.1 Å². The van der Waals surface area contributed by atoms with Crippen molar-refractivity contribution in [2.45, 2.75) is 153 Å². The average molecular weight is 705 g/mol. The van der Waals surface area contributed by atoms with Gasteiger partial charge in [-0.05, 0) is 32.1 Å². The Bertz CT molecular complexity index is 1060. The van der Waals surface area contributed by atoms with E-state index in [-0.39, 0.29) is 19.4 Å². The molecule has 0 aliphatic carbocycles. The zero-order valence-corrected chi connectivity index (χ0v) is 29.6. The smallest absolute Gasteiger partial charge is 0.306 e. The summed E-state index contributed by atoms with van der Waals surface area (Å²) >= 11 is 0. The topological polar surface area (TPSA) is 186 Å². The Kier molecular flexibility index (Phi) is 24.4. The van der Waals surface area contributed by atoms with Crippen LogP contribution in [0.25, 0.3) is 0 Å². The van der Waals surface area contributed by atoms with E-state index in [9.17, 15) is 33.3 Å². The van der Waals surface area contributed by atoms with E-state index < -0.39 is 71.2 Å². The molecular formula is C35H60O12S. The molecule has 1 heterocycles. The minimum absolute atomic E-state index is 0.141. The second kappa shape index (κ2) is 26.7. The molecule has 1 saturated heterocycles. The normalized spacial score (nSPS) is 22.5. The van der Waals surface area contributed by atoms with Crippen LogP contribution < -0.4 is 0 Å². The molecule has 0 spiro atoms. The Morgan fingerprint density at radius 2 is 1.31 bits per heavy atom. The summed E-state index contributed by atoms with van der Waals surface area (Å²) in [6.45, 7) is 3.50. The van der Waals surface area contributed by atoms with Gasteiger partial charge in [-0.2, -0.15) is 8.42 Å². The Labute approximate surface area is 287 Å². The zero-order chi connectivity index (χ0) is 35.6. The van der Waals surface area contributed by atoms with Gasteiger partial charge in [0.15, 0.2) is 12.4 Å². The van der Waals surface area contributed by atoms with Gasteiger partial charge in [-0.25, -0.2) is 0 Å². The van der Waals surface area contributed by atoms with E-state index in [2.05, 4.69) is 26.0 Å². The monoisotopic (exact) mass is 704 g/mol. The third kappa shape index (κ3) is 21.8. The van der Waals surface area contributed by atoms with E-state index in [1.165, 1.54) is 12.8 Å². The quantitative estimate of drug-likeness (QED) is 0.0384. The van der Waals surface area contributed by atoms with E-state index in [0.717, 1.165) is 64.2 Å². The molecule has 6 atom stereocenters. The number of esters is 2. The summed E-state index contributed by atoms with van der Waals surface area (Å²) in [7, 11) is -4.59. The summed E-state index contributed by atoms with van der Waals surface area (Å²) in [4.78, 5) is 25.0. The van der Waals surface area contributed by atoms with Crippen molar-refractivity contribution in [3.8, 4) is 0 Å². The van der Waals surface area contributed by atoms with Crippen molar-refractivity contribution in [3.63, 3.8) is 0 Å². The minimum atomic E-state index is -4.59. The van der Waals surface area contributed by atoms with E-state index >= 15 is 0 Å². The molecular weight excluding hydrogens is 644 g/mol. The van der Waals surface area contributed by atoms with E-state index in [4.69, 9.17) is 23.5 Å². The number of aliphatic hydroxyl groups excluding tert-OH is 3. The van der Waals surface area contributed by atoms with Gasteiger partial charge in [0.25, 0.3) is 10.1 Å². The van der Waals surface area contributed by atoms with Crippen LogP contribution in [0.15, 0.2) is 36.5 Å². The summed E-state index contributed by atoms with van der Waals surface area (Å²) in [5.41, 5.74) is 0. The molecule has 278 valence electrons. The SMILES string of the molecule is CC/C=C/C=C/C=C/CCCCCCCC(=O)OC(COC(=O)CCCCCCCCC)CO[C@H]1O[C@H](CS(=O)(=O)O)[C@@H](O)C(O)C1O. The number of carbonyl (C=O) groups is 2. The van der Waals surface area contributed by atoms with Crippen LogP contribution in [0.2, 0.25) is 0 Å². The first-order valence-electron chi connectivity index (χ1n) is 17.6. The standard InChI is InChI=1S/C35H60O12S/c1-3-5-7-9-11-12-13-14-15-16-18-20-22-24-31(37)46-28(25-44-30(36)23-21-19-17-10-8-6-4-2)26-45-35-34(40)33(39)32(38)29(47-35)27-48(41,42)43/h5,7,9,11-13,28-29,32-35,38-40H,3-4,6,8,10,14-27H2,1-2H3,(H,41,42,43)/b7-5+,11-9+,13-12+/t28?,29-,32-,33?,34?,35+/m1/s1. The highest BCUT2D eigenvalue weighted by atomic mass is 32.2. The first-order valence-corrected chi connectivity index (χ1v) is 19.2. The second-order valence-corrected chi connectivity index (χ2v) is 13.7. The molecule has 0 bridgehead atoms. The number of hydrogen-bond donors (Lipinski definition) is 4. The Balaban J connectivity index is 2.58. The predicted molar refractivity (Wildman–Crippen MR) is 183 cm³/mol. The van der Waals surface area contributed by atoms with Crippen molar-refractivity contribution in [3.05, 3.63) is 36.5 Å². The first kappa shape index (κ1) is 43.9. The first-order chi connectivity index (χ1) is 23.0. The molecule has 0 aromatic heterocycles. The van der Waals surface area contributed by atoms with E-state index in [1.807, 2.05) is 24.3 Å². The fraction of sp³-hybridized carbons (Fsp3) is 0.771. The van der Waals surface area contributed by atoms with Gasteiger partial charge in [0, 0.05) is 12.8 Å². The van der Waals surface area contributed by atoms with Crippen molar-refractivity contribution in [1.29, 1.82) is 0 Å². The molecule has 0 saturated carbocycles. The van der Waals surface area contributed by atoms with Crippen LogP contribution in [0.5, 0.6) is 0 Å². The Morgan fingerprint density at radius 1 is 0.729 bits per heavy atom. The molecule has 12 nitrogen and oxygen atoms in total. The van der Waals surface area contributed by atoms with Gasteiger partial charge in [0.2, 0.25) is 0 Å². The molecule has 13 heteroatoms. The molecule has 4 N–H and O–H groups in total. The molecule has 1 aliphatic rings. The fourth-order valence-electron chi connectivity index (χ4n) is 5.03. The lowest BCUT2D eigenvalue weighted by atomic mass is 10.00. The van der Waals surface area contributed by atoms with Crippen LogP contribution in [-0.2, 0) is 38.7 Å². The van der Waals surface area contributed by atoms with Crippen LogP contribution in [0, 0.1) is 0 Å². The van der Waals surface area contributed by atoms with Crippen LogP contribution in [0.3, 0.4) is 0 Å². The molecule has 1 rings (SSSR count). The summed E-state index contributed by atoms with van der Waals surface area (Å²) in [6, 6.07) is 0. The number of aliphatic hydroxyl groups is 3. The van der Waals surface area contributed by atoms with Crippen LogP contribution >= 0.6 is 0 Å². The second-order valence-electron chi connectivity index (χ2n) is 12.2.